The molecule has 4 saturated carbocycles. The number of benzene rings is 1. The number of aromatic nitrogens is 1. The van der Waals surface area contributed by atoms with Gasteiger partial charge in [0.05, 0.1) is 0 Å². The lowest BCUT2D eigenvalue weighted by atomic mass is 9.48. The average molecular weight is 373 g/mol. The van der Waals surface area contributed by atoms with Gasteiger partial charge in [0.25, 0.3) is 5.91 Å². The summed E-state index contributed by atoms with van der Waals surface area (Å²) in [6, 6.07) is 12.6. The SMILES string of the molecule is CC1Cc2ccccc2N1C(=O)c1ccnc(C23CC4CC(CC(C4)C2)C3)c1. The number of nitrogens with zero attached hydrogens (tertiary/aromatic N) is 2. The Morgan fingerprint density at radius 2 is 1.71 bits per heavy atom. The van der Waals surface area contributed by atoms with Crippen molar-refractivity contribution in [1.82, 2.24) is 4.98 Å². The first-order chi connectivity index (χ1) is 13.6. The predicted octanol–water partition coefficient (Wildman–Crippen LogP) is 5.14. The minimum atomic E-state index is 0.130. The molecule has 4 aliphatic carbocycles. The molecule has 0 saturated heterocycles. The lowest BCUT2D eigenvalue weighted by Gasteiger charge is -2.56. The molecule has 0 N–H and O–H groups in total. The second-order valence-electron chi connectivity index (χ2n) is 9.98. The molecule has 0 spiro atoms. The molecule has 1 aromatic carbocycles. The van der Waals surface area contributed by atoms with E-state index in [9.17, 15) is 4.79 Å². The van der Waals surface area contributed by atoms with Gasteiger partial charge < -0.3 is 4.90 Å². The minimum Gasteiger partial charge on any atom is -0.305 e. The Bertz CT molecular complexity index is 914. The number of hydrogen-bond acceptors (Lipinski definition) is 2. The van der Waals surface area contributed by atoms with E-state index in [4.69, 9.17) is 4.98 Å². The Morgan fingerprint density at radius 3 is 2.43 bits per heavy atom. The van der Waals surface area contributed by atoms with Crippen molar-refractivity contribution in [3.05, 3.63) is 59.4 Å². The highest BCUT2D eigenvalue weighted by Gasteiger charge is 2.52. The maximum absolute atomic E-state index is 13.5. The fourth-order valence-electron chi connectivity index (χ4n) is 7.29. The molecule has 7 rings (SSSR count). The number of rotatable bonds is 2. The monoisotopic (exact) mass is 372 g/mol. The molecule has 3 heteroatoms. The van der Waals surface area contributed by atoms with Gasteiger partial charge in [-0.25, -0.2) is 0 Å². The normalized spacial score (nSPS) is 35.2. The third-order valence-corrected chi connectivity index (χ3v) is 8.01. The maximum Gasteiger partial charge on any atom is 0.258 e. The van der Waals surface area contributed by atoms with Gasteiger partial charge in [-0.1, -0.05) is 18.2 Å². The quantitative estimate of drug-likeness (QED) is 0.731. The van der Waals surface area contributed by atoms with Crippen LogP contribution >= 0.6 is 0 Å². The van der Waals surface area contributed by atoms with Crippen LogP contribution in [0.3, 0.4) is 0 Å². The van der Waals surface area contributed by atoms with Crippen molar-refractivity contribution in [3.8, 4) is 0 Å². The van der Waals surface area contributed by atoms with Crippen molar-refractivity contribution in [3.63, 3.8) is 0 Å². The highest BCUT2D eigenvalue weighted by Crippen LogP contribution is 2.60. The summed E-state index contributed by atoms with van der Waals surface area (Å²) in [5.41, 5.74) is 4.59. The summed E-state index contributed by atoms with van der Waals surface area (Å²) >= 11 is 0. The first-order valence-electron chi connectivity index (χ1n) is 11.0. The van der Waals surface area contributed by atoms with Crippen LogP contribution in [0.4, 0.5) is 5.69 Å². The number of para-hydroxylation sites is 1. The molecule has 2 heterocycles. The highest BCUT2D eigenvalue weighted by atomic mass is 16.2. The number of fused-ring (bicyclic) bond motifs is 1. The molecule has 3 nitrogen and oxygen atoms in total. The van der Waals surface area contributed by atoms with Crippen LogP contribution in [-0.4, -0.2) is 16.9 Å². The molecule has 0 radical (unpaired) electrons. The van der Waals surface area contributed by atoms with Crippen LogP contribution in [0, 0.1) is 17.8 Å². The topological polar surface area (TPSA) is 33.2 Å². The molecule has 1 atom stereocenters. The first-order valence-corrected chi connectivity index (χ1v) is 11.0. The second kappa shape index (κ2) is 5.92. The van der Waals surface area contributed by atoms with Crippen LogP contribution in [0.25, 0.3) is 0 Å². The van der Waals surface area contributed by atoms with Crippen LogP contribution in [-0.2, 0) is 11.8 Å². The largest absolute Gasteiger partial charge is 0.305 e. The molecule has 5 aliphatic rings. The van der Waals surface area contributed by atoms with Crippen molar-refractivity contribution in [1.29, 1.82) is 0 Å². The molecule has 28 heavy (non-hydrogen) atoms. The molecule has 144 valence electrons. The Morgan fingerprint density at radius 1 is 1.04 bits per heavy atom. The zero-order chi connectivity index (χ0) is 18.9. The fraction of sp³-hybridized carbons (Fsp3) is 0.520. The van der Waals surface area contributed by atoms with Crippen molar-refractivity contribution in [2.24, 2.45) is 17.8 Å². The summed E-state index contributed by atoms with van der Waals surface area (Å²) in [6.07, 6.45) is 11.0. The Balaban J connectivity index is 1.35. The lowest BCUT2D eigenvalue weighted by Crippen LogP contribution is -2.49. The van der Waals surface area contributed by atoms with E-state index in [0.717, 1.165) is 35.4 Å². The summed E-state index contributed by atoms with van der Waals surface area (Å²) in [5.74, 6) is 2.79. The Kier molecular flexibility index (Phi) is 3.54. The predicted molar refractivity (Wildman–Crippen MR) is 111 cm³/mol. The van der Waals surface area contributed by atoms with Crippen LogP contribution < -0.4 is 4.90 Å². The van der Waals surface area contributed by atoms with Gasteiger partial charge in [0.15, 0.2) is 0 Å². The molecule has 1 amide bonds. The van der Waals surface area contributed by atoms with Crippen LogP contribution in [0.1, 0.15) is 67.1 Å². The van der Waals surface area contributed by atoms with E-state index in [1.54, 1.807) is 0 Å². The number of anilines is 1. The Hall–Kier alpha value is -2.16. The van der Waals surface area contributed by atoms with Gasteiger partial charge in [0.2, 0.25) is 0 Å². The Labute approximate surface area is 167 Å². The number of amides is 1. The van der Waals surface area contributed by atoms with E-state index in [1.165, 1.54) is 49.8 Å². The number of carbonyl (C=O) groups is 1. The standard InChI is InChI=1S/C25H28N2O/c1-16-8-20-4-2-3-5-22(20)27(16)24(28)21-6-7-26-23(12-21)25-13-17-9-18(14-25)11-19(10-17)15-25/h2-7,12,16-19H,8-11,13-15H2,1H3. The zero-order valence-electron chi connectivity index (χ0n) is 16.6. The van der Waals surface area contributed by atoms with E-state index in [-0.39, 0.29) is 17.4 Å². The number of pyridine rings is 1. The number of carbonyl (C=O) groups excluding carboxylic acids is 1. The van der Waals surface area contributed by atoms with Gasteiger partial charge in [-0.2, -0.15) is 0 Å². The number of hydrogen-bond donors (Lipinski definition) is 0. The zero-order valence-corrected chi connectivity index (χ0v) is 16.6. The van der Waals surface area contributed by atoms with Gasteiger partial charge in [0.1, 0.15) is 0 Å². The van der Waals surface area contributed by atoms with E-state index >= 15 is 0 Å². The van der Waals surface area contributed by atoms with Crippen LogP contribution in [0.2, 0.25) is 0 Å². The molecule has 1 aliphatic heterocycles. The molecule has 4 bridgehead atoms. The molecule has 1 unspecified atom stereocenters. The van der Waals surface area contributed by atoms with Gasteiger partial charge in [-0.05, 0) is 93.4 Å². The molecule has 2 aromatic rings. The van der Waals surface area contributed by atoms with Crippen molar-refractivity contribution < 1.29 is 4.79 Å². The van der Waals surface area contributed by atoms with E-state index in [2.05, 4.69) is 31.2 Å². The minimum absolute atomic E-state index is 0.130. The smallest absolute Gasteiger partial charge is 0.258 e. The summed E-state index contributed by atoms with van der Waals surface area (Å²) < 4.78 is 0. The fourth-order valence-corrected chi connectivity index (χ4v) is 7.29. The third-order valence-electron chi connectivity index (χ3n) is 8.01. The summed E-state index contributed by atoms with van der Waals surface area (Å²) in [5, 5.41) is 0. The molecule has 4 fully saturated rings. The summed E-state index contributed by atoms with van der Waals surface area (Å²) in [4.78, 5) is 20.3. The van der Waals surface area contributed by atoms with Crippen LogP contribution in [0.5, 0.6) is 0 Å². The van der Waals surface area contributed by atoms with Gasteiger partial charge in [-0.15, -0.1) is 0 Å². The van der Waals surface area contributed by atoms with E-state index in [0.29, 0.717) is 0 Å². The van der Waals surface area contributed by atoms with Gasteiger partial charge in [-0.3, -0.25) is 9.78 Å². The first kappa shape index (κ1) is 16.8. The van der Waals surface area contributed by atoms with Gasteiger partial charge in [0, 0.05) is 34.6 Å². The summed E-state index contributed by atoms with van der Waals surface area (Å²) in [6.45, 7) is 2.15. The van der Waals surface area contributed by atoms with E-state index < -0.39 is 0 Å². The lowest BCUT2D eigenvalue weighted by molar-refractivity contribution is -0.00721. The molecule has 1 aromatic heterocycles. The molecular formula is C25H28N2O. The highest BCUT2D eigenvalue weighted by molar-refractivity contribution is 6.07. The van der Waals surface area contributed by atoms with E-state index in [1.807, 2.05) is 23.2 Å². The second-order valence-corrected chi connectivity index (χ2v) is 9.98. The van der Waals surface area contributed by atoms with Crippen molar-refractivity contribution >= 4 is 11.6 Å². The third kappa shape index (κ3) is 2.41. The summed E-state index contributed by atoms with van der Waals surface area (Å²) in [7, 11) is 0. The van der Waals surface area contributed by atoms with Crippen molar-refractivity contribution in [2.75, 3.05) is 4.90 Å². The average Bonchev–Trinajstić information content (AvgIpc) is 3.02. The maximum atomic E-state index is 13.5. The molecular weight excluding hydrogens is 344 g/mol. The van der Waals surface area contributed by atoms with Crippen LogP contribution in [0.15, 0.2) is 42.6 Å². The van der Waals surface area contributed by atoms with Crippen molar-refractivity contribution in [2.45, 2.75) is 63.3 Å². The van der Waals surface area contributed by atoms with Gasteiger partial charge >= 0.3 is 0 Å².